The fraction of sp³-hybridized carbons (Fsp3) is 0.640. The van der Waals surface area contributed by atoms with Gasteiger partial charge in [0.05, 0.1) is 18.4 Å². The van der Waals surface area contributed by atoms with E-state index in [0.29, 0.717) is 39.3 Å². The van der Waals surface area contributed by atoms with E-state index in [4.69, 9.17) is 9.47 Å². The molecule has 10 heteroatoms. The van der Waals surface area contributed by atoms with Gasteiger partial charge in [-0.1, -0.05) is 19.6 Å². The lowest BCUT2D eigenvalue weighted by Crippen LogP contribution is -2.57. The molecule has 0 radical (unpaired) electrons. The van der Waals surface area contributed by atoms with E-state index in [9.17, 15) is 9.59 Å². The Morgan fingerprint density at radius 1 is 1.20 bits per heavy atom. The molecule has 2 aromatic rings. The van der Waals surface area contributed by atoms with E-state index in [1.165, 1.54) is 0 Å². The number of amides is 2. The lowest BCUT2D eigenvalue weighted by molar-refractivity contribution is -0.125. The van der Waals surface area contributed by atoms with Gasteiger partial charge in [-0.2, -0.15) is 5.10 Å². The van der Waals surface area contributed by atoms with Gasteiger partial charge in [0.25, 0.3) is 0 Å². The van der Waals surface area contributed by atoms with Crippen LogP contribution in [0.1, 0.15) is 33.6 Å². The molecule has 2 amide bonds. The van der Waals surface area contributed by atoms with Crippen LogP contribution < -0.4 is 10.2 Å². The molecule has 1 aromatic carbocycles. The minimum absolute atomic E-state index is 0.0212. The minimum Gasteiger partial charge on any atom is -0.444 e. The molecule has 2 fully saturated rings. The number of carbonyl (C=O) groups excluding carboxylic acids is 2. The Bertz CT molecular complexity index is 1080. The highest BCUT2D eigenvalue weighted by Crippen LogP contribution is 2.37. The first-order valence-corrected chi connectivity index (χ1v) is 16.2. The highest BCUT2D eigenvalue weighted by atomic mass is 28.3. The van der Waals surface area contributed by atoms with Crippen molar-refractivity contribution in [1.29, 1.82) is 0 Å². The number of piperidine rings is 1. The van der Waals surface area contributed by atoms with Crippen LogP contribution in [0.4, 0.5) is 10.5 Å². The Morgan fingerprint density at radius 2 is 1.91 bits per heavy atom. The van der Waals surface area contributed by atoms with Gasteiger partial charge in [-0.15, -0.1) is 0 Å². The van der Waals surface area contributed by atoms with E-state index >= 15 is 0 Å². The summed E-state index contributed by atoms with van der Waals surface area (Å²) in [5, 5.41) is 8.55. The Labute approximate surface area is 208 Å². The standard InChI is InChI=1S/C25H39N5O4Si/c1-24(2,3)34-23(32)28-11-9-25(10-12-28)22(31)26-17-29(25)20-7-8-21-19(15-20)16-27-30(21)18-33-13-14-35(4,5)6/h7-8,15-16H,9-14,17-18H2,1-6H3,(H,26,31). The molecule has 4 rings (SSSR count). The number of rotatable bonds is 6. The van der Waals surface area contributed by atoms with E-state index < -0.39 is 19.2 Å². The molecule has 0 bridgehead atoms. The summed E-state index contributed by atoms with van der Waals surface area (Å²) in [6, 6.07) is 7.31. The van der Waals surface area contributed by atoms with E-state index in [0.717, 1.165) is 29.2 Å². The van der Waals surface area contributed by atoms with Crippen molar-refractivity contribution in [3.63, 3.8) is 0 Å². The molecule has 1 N–H and O–H groups in total. The Morgan fingerprint density at radius 3 is 2.57 bits per heavy atom. The maximum atomic E-state index is 13.0. The quantitative estimate of drug-likeness (QED) is 0.475. The van der Waals surface area contributed by atoms with Gasteiger partial charge in [-0.3, -0.25) is 4.79 Å². The van der Waals surface area contributed by atoms with Crippen LogP contribution in [0.5, 0.6) is 0 Å². The number of hydrogen-bond acceptors (Lipinski definition) is 6. The largest absolute Gasteiger partial charge is 0.444 e. The third kappa shape index (κ3) is 5.64. The zero-order valence-electron chi connectivity index (χ0n) is 21.9. The highest BCUT2D eigenvalue weighted by molar-refractivity contribution is 6.76. The summed E-state index contributed by atoms with van der Waals surface area (Å²) in [7, 11) is -1.12. The molecule has 192 valence electrons. The number of nitrogens with zero attached hydrogens (tertiary/aromatic N) is 4. The third-order valence-electron chi connectivity index (χ3n) is 6.73. The van der Waals surface area contributed by atoms with Gasteiger partial charge >= 0.3 is 6.09 Å². The molecule has 0 aliphatic carbocycles. The first kappa shape index (κ1) is 25.5. The number of aromatic nitrogens is 2. The molecule has 2 aliphatic rings. The fourth-order valence-electron chi connectivity index (χ4n) is 4.68. The lowest BCUT2D eigenvalue weighted by Gasteiger charge is -2.43. The highest BCUT2D eigenvalue weighted by Gasteiger charge is 2.51. The van der Waals surface area contributed by atoms with Crippen molar-refractivity contribution in [1.82, 2.24) is 20.0 Å². The summed E-state index contributed by atoms with van der Waals surface area (Å²) in [6.45, 7) is 15.2. The summed E-state index contributed by atoms with van der Waals surface area (Å²) >= 11 is 0. The zero-order chi connectivity index (χ0) is 25.4. The van der Waals surface area contributed by atoms with Crippen LogP contribution in [0.2, 0.25) is 25.7 Å². The average molecular weight is 502 g/mol. The number of ether oxygens (including phenoxy) is 2. The Kier molecular flexibility index (Phi) is 6.89. The van der Waals surface area contributed by atoms with Crippen molar-refractivity contribution in [3.05, 3.63) is 24.4 Å². The van der Waals surface area contributed by atoms with E-state index in [1.807, 2.05) is 43.8 Å². The second kappa shape index (κ2) is 9.46. The lowest BCUT2D eigenvalue weighted by atomic mass is 9.85. The van der Waals surface area contributed by atoms with Crippen molar-refractivity contribution >= 4 is 36.7 Å². The first-order valence-electron chi connectivity index (χ1n) is 12.5. The van der Waals surface area contributed by atoms with Crippen LogP contribution in [0.25, 0.3) is 10.9 Å². The van der Waals surface area contributed by atoms with Crippen molar-refractivity contribution < 1.29 is 19.1 Å². The molecule has 0 saturated carbocycles. The maximum Gasteiger partial charge on any atom is 0.410 e. The van der Waals surface area contributed by atoms with Crippen molar-refractivity contribution in [2.45, 2.75) is 77.2 Å². The molecule has 35 heavy (non-hydrogen) atoms. The summed E-state index contributed by atoms with van der Waals surface area (Å²) in [5.41, 5.74) is 0.777. The summed E-state index contributed by atoms with van der Waals surface area (Å²) in [5.74, 6) is 0.0212. The van der Waals surface area contributed by atoms with E-state index in [-0.39, 0.29) is 12.0 Å². The summed E-state index contributed by atoms with van der Waals surface area (Å²) in [6.07, 6.45) is 2.64. The molecular weight excluding hydrogens is 462 g/mol. The second-order valence-electron chi connectivity index (χ2n) is 11.8. The molecule has 1 spiro atoms. The molecule has 3 heterocycles. The summed E-state index contributed by atoms with van der Waals surface area (Å²) < 4.78 is 13.3. The van der Waals surface area contributed by atoms with Crippen LogP contribution in [0, 0.1) is 0 Å². The van der Waals surface area contributed by atoms with Crippen LogP contribution in [-0.2, 0) is 21.0 Å². The van der Waals surface area contributed by atoms with Gasteiger partial charge in [-0.25, -0.2) is 9.48 Å². The average Bonchev–Trinajstić information content (AvgIpc) is 3.30. The van der Waals surface area contributed by atoms with E-state index in [1.54, 1.807) is 4.90 Å². The van der Waals surface area contributed by atoms with Crippen LogP contribution in [0.3, 0.4) is 0 Å². The van der Waals surface area contributed by atoms with Gasteiger partial charge < -0.3 is 24.6 Å². The van der Waals surface area contributed by atoms with Crippen molar-refractivity contribution in [2.75, 3.05) is 31.3 Å². The smallest absolute Gasteiger partial charge is 0.410 e. The normalized spacial score (nSPS) is 18.4. The fourth-order valence-corrected chi connectivity index (χ4v) is 5.44. The van der Waals surface area contributed by atoms with Gasteiger partial charge in [0, 0.05) is 38.8 Å². The van der Waals surface area contributed by atoms with Gasteiger partial charge in [-0.05, 0) is 57.9 Å². The SMILES string of the molecule is CC(C)(C)OC(=O)N1CCC2(CC1)C(=O)NCN2c1ccc2c(cnn2COCC[Si](C)(C)C)c1. The molecular formula is C25H39N5O4Si. The molecule has 1 aromatic heterocycles. The maximum absolute atomic E-state index is 13.0. The van der Waals surface area contributed by atoms with Gasteiger partial charge in [0.1, 0.15) is 17.9 Å². The van der Waals surface area contributed by atoms with Crippen molar-refractivity contribution in [3.8, 4) is 0 Å². The summed E-state index contributed by atoms with van der Waals surface area (Å²) in [4.78, 5) is 29.4. The van der Waals surface area contributed by atoms with Gasteiger partial charge in [0.15, 0.2) is 0 Å². The number of nitrogens with one attached hydrogen (secondary N) is 1. The second-order valence-corrected chi connectivity index (χ2v) is 17.4. The van der Waals surface area contributed by atoms with Gasteiger partial charge in [0.2, 0.25) is 5.91 Å². The predicted octanol–water partition coefficient (Wildman–Crippen LogP) is 4.01. The topological polar surface area (TPSA) is 88.9 Å². The van der Waals surface area contributed by atoms with Crippen LogP contribution >= 0.6 is 0 Å². The monoisotopic (exact) mass is 501 g/mol. The Balaban J connectivity index is 1.45. The number of likely N-dealkylation sites (tertiary alicyclic amines) is 1. The van der Waals surface area contributed by atoms with Crippen LogP contribution in [-0.4, -0.2) is 72.3 Å². The molecule has 9 nitrogen and oxygen atoms in total. The number of fused-ring (bicyclic) bond motifs is 1. The first-order chi connectivity index (χ1) is 16.4. The number of carbonyl (C=O) groups is 2. The zero-order valence-corrected chi connectivity index (χ0v) is 22.9. The van der Waals surface area contributed by atoms with E-state index in [2.05, 4.69) is 41.0 Å². The Hall–Kier alpha value is -2.59. The number of hydrogen-bond donors (Lipinski definition) is 1. The third-order valence-corrected chi connectivity index (χ3v) is 8.43. The molecule has 0 unspecified atom stereocenters. The molecule has 0 atom stereocenters. The predicted molar refractivity (Wildman–Crippen MR) is 139 cm³/mol. The van der Waals surface area contributed by atoms with Crippen molar-refractivity contribution in [2.24, 2.45) is 0 Å². The molecule has 2 aliphatic heterocycles. The van der Waals surface area contributed by atoms with Crippen LogP contribution in [0.15, 0.2) is 24.4 Å². The minimum atomic E-state index is -1.12. The number of benzene rings is 1. The molecule has 2 saturated heterocycles. The number of anilines is 1.